The molecule has 0 aliphatic rings. The number of hydrogen-bond acceptors (Lipinski definition) is 6. The standard InChI is InChI=1S/C15H17NO5/c1-9(17)15(10(2)18)13(8-16-19)12-6-5-11(20-3)7-14(12)21-4/h5-7H,8H2,1-4H3. The maximum Gasteiger partial charge on any atom is 0.163 e. The molecule has 0 fully saturated rings. The Bertz CT molecular complexity index is 588. The summed E-state index contributed by atoms with van der Waals surface area (Å²) in [5.41, 5.74) is 0.681. The molecule has 112 valence electrons. The number of allylic oxidation sites excluding steroid dienone is 1. The van der Waals surface area contributed by atoms with E-state index in [-0.39, 0.29) is 17.7 Å². The molecule has 0 saturated heterocycles. The molecule has 0 bridgehead atoms. The molecule has 1 aromatic rings. The van der Waals surface area contributed by atoms with Crippen molar-refractivity contribution in [2.75, 3.05) is 20.8 Å². The van der Waals surface area contributed by atoms with Gasteiger partial charge in [-0.25, -0.2) is 0 Å². The number of ether oxygens (including phenoxy) is 2. The van der Waals surface area contributed by atoms with Crippen molar-refractivity contribution in [1.82, 2.24) is 0 Å². The number of Topliss-reactive ketones (excluding diaryl/α,β-unsaturated/α-hetero) is 2. The van der Waals surface area contributed by atoms with Crippen LogP contribution in [0.5, 0.6) is 11.5 Å². The highest BCUT2D eigenvalue weighted by Crippen LogP contribution is 2.32. The first-order valence-electron chi connectivity index (χ1n) is 6.22. The topological polar surface area (TPSA) is 82.0 Å². The molecule has 0 aromatic heterocycles. The van der Waals surface area contributed by atoms with Crippen molar-refractivity contribution < 1.29 is 19.1 Å². The average molecular weight is 291 g/mol. The van der Waals surface area contributed by atoms with E-state index in [0.717, 1.165) is 0 Å². The quantitative estimate of drug-likeness (QED) is 0.333. The van der Waals surface area contributed by atoms with Crippen molar-refractivity contribution in [3.8, 4) is 11.5 Å². The van der Waals surface area contributed by atoms with Crippen LogP contribution in [0.15, 0.2) is 28.9 Å². The van der Waals surface area contributed by atoms with Crippen LogP contribution < -0.4 is 9.47 Å². The van der Waals surface area contributed by atoms with E-state index >= 15 is 0 Å². The molecule has 21 heavy (non-hydrogen) atoms. The van der Waals surface area contributed by atoms with E-state index in [1.54, 1.807) is 18.2 Å². The van der Waals surface area contributed by atoms with Crippen LogP contribution in [0.1, 0.15) is 19.4 Å². The molecule has 0 radical (unpaired) electrons. The van der Waals surface area contributed by atoms with Gasteiger partial charge in [0.05, 0.1) is 19.8 Å². The Balaban J connectivity index is 3.62. The monoisotopic (exact) mass is 291 g/mol. The zero-order valence-corrected chi connectivity index (χ0v) is 12.4. The number of ketones is 2. The molecule has 0 N–H and O–H groups in total. The van der Waals surface area contributed by atoms with Crippen LogP contribution in [0.3, 0.4) is 0 Å². The summed E-state index contributed by atoms with van der Waals surface area (Å²) < 4.78 is 10.3. The fraction of sp³-hybridized carbons (Fsp3) is 0.333. The van der Waals surface area contributed by atoms with Gasteiger partial charge in [-0.05, 0) is 26.0 Å². The lowest BCUT2D eigenvalue weighted by Crippen LogP contribution is -2.11. The molecule has 1 aromatic carbocycles. The van der Waals surface area contributed by atoms with Crippen LogP contribution in [0.25, 0.3) is 5.57 Å². The first kappa shape index (κ1) is 16.6. The van der Waals surface area contributed by atoms with Gasteiger partial charge in [0.1, 0.15) is 18.0 Å². The maximum absolute atomic E-state index is 11.7. The summed E-state index contributed by atoms with van der Waals surface area (Å²) in [5, 5.41) is 2.82. The molecule has 6 heteroatoms. The third-order valence-corrected chi connectivity index (χ3v) is 2.96. The van der Waals surface area contributed by atoms with E-state index in [0.29, 0.717) is 17.1 Å². The summed E-state index contributed by atoms with van der Waals surface area (Å²) in [6, 6.07) is 4.89. The largest absolute Gasteiger partial charge is 0.497 e. The second-order valence-corrected chi connectivity index (χ2v) is 4.32. The number of carbonyl (C=O) groups excluding carboxylic acids is 2. The first-order chi connectivity index (χ1) is 9.96. The highest BCUT2D eigenvalue weighted by atomic mass is 16.5. The summed E-state index contributed by atoms with van der Waals surface area (Å²) in [6.07, 6.45) is 0. The predicted molar refractivity (Wildman–Crippen MR) is 78.5 cm³/mol. The molecule has 1 rings (SSSR count). The highest BCUT2D eigenvalue weighted by molar-refractivity contribution is 6.24. The molecular weight excluding hydrogens is 274 g/mol. The lowest BCUT2D eigenvalue weighted by atomic mass is 9.94. The Morgan fingerprint density at radius 3 is 2.14 bits per heavy atom. The Morgan fingerprint density at radius 1 is 1.10 bits per heavy atom. The molecule has 0 saturated carbocycles. The van der Waals surface area contributed by atoms with E-state index in [1.165, 1.54) is 28.1 Å². The van der Waals surface area contributed by atoms with Crippen molar-refractivity contribution in [2.24, 2.45) is 5.18 Å². The second kappa shape index (κ2) is 7.33. The van der Waals surface area contributed by atoms with Crippen LogP contribution in [0, 0.1) is 4.91 Å². The molecule has 0 heterocycles. The van der Waals surface area contributed by atoms with Gasteiger partial charge < -0.3 is 9.47 Å². The van der Waals surface area contributed by atoms with Gasteiger partial charge in [-0.2, -0.15) is 4.91 Å². The molecule has 0 aliphatic heterocycles. The number of nitrogens with zero attached hydrogens (tertiary/aromatic N) is 1. The van der Waals surface area contributed by atoms with Gasteiger partial charge >= 0.3 is 0 Å². The fourth-order valence-electron chi connectivity index (χ4n) is 2.08. The number of nitroso groups, excluding NO2 is 1. The Kier molecular flexibility index (Phi) is 5.78. The van der Waals surface area contributed by atoms with E-state index in [1.807, 2.05) is 0 Å². The highest BCUT2D eigenvalue weighted by Gasteiger charge is 2.21. The van der Waals surface area contributed by atoms with Crippen LogP contribution >= 0.6 is 0 Å². The summed E-state index contributed by atoms with van der Waals surface area (Å²) >= 11 is 0. The van der Waals surface area contributed by atoms with Crippen LogP contribution in [-0.4, -0.2) is 32.3 Å². The van der Waals surface area contributed by atoms with Crippen molar-refractivity contribution in [2.45, 2.75) is 13.8 Å². The Morgan fingerprint density at radius 2 is 1.71 bits per heavy atom. The lowest BCUT2D eigenvalue weighted by molar-refractivity contribution is -0.119. The van der Waals surface area contributed by atoms with Crippen molar-refractivity contribution in [3.05, 3.63) is 34.2 Å². The third kappa shape index (κ3) is 3.75. The SMILES string of the molecule is COc1ccc(C(CN=O)=C(C(C)=O)C(C)=O)c(OC)c1. The molecular formula is C15H17NO5. The lowest BCUT2D eigenvalue weighted by Gasteiger charge is -2.14. The van der Waals surface area contributed by atoms with Gasteiger partial charge in [0, 0.05) is 17.2 Å². The minimum Gasteiger partial charge on any atom is -0.497 e. The van der Waals surface area contributed by atoms with Crippen LogP contribution in [-0.2, 0) is 9.59 Å². The molecule has 0 unspecified atom stereocenters. The minimum absolute atomic E-state index is 0.0435. The molecule has 6 nitrogen and oxygen atoms in total. The number of hydrogen-bond donors (Lipinski definition) is 0. The minimum atomic E-state index is -0.418. The molecule has 0 aliphatic carbocycles. The van der Waals surface area contributed by atoms with Gasteiger partial charge in [0.25, 0.3) is 0 Å². The average Bonchev–Trinajstić information content (AvgIpc) is 2.45. The summed E-state index contributed by atoms with van der Waals surface area (Å²) in [6.45, 7) is 2.26. The first-order valence-corrected chi connectivity index (χ1v) is 6.22. The molecule has 0 amide bonds. The number of methoxy groups -OCH3 is 2. The van der Waals surface area contributed by atoms with E-state index in [4.69, 9.17) is 9.47 Å². The second-order valence-electron chi connectivity index (χ2n) is 4.32. The third-order valence-electron chi connectivity index (χ3n) is 2.96. The van der Waals surface area contributed by atoms with E-state index in [2.05, 4.69) is 5.18 Å². The number of carbonyl (C=O) groups is 2. The van der Waals surface area contributed by atoms with Gasteiger partial charge in [0.15, 0.2) is 11.6 Å². The molecule has 0 atom stereocenters. The van der Waals surface area contributed by atoms with Crippen molar-refractivity contribution in [1.29, 1.82) is 0 Å². The Labute approximate surface area is 122 Å². The van der Waals surface area contributed by atoms with Crippen LogP contribution in [0.4, 0.5) is 0 Å². The zero-order valence-electron chi connectivity index (χ0n) is 12.4. The van der Waals surface area contributed by atoms with Crippen molar-refractivity contribution in [3.63, 3.8) is 0 Å². The van der Waals surface area contributed by atoms with Gasteiger partial charge in [-0.3, -0.25) is 9.59 Å². The van der Waals surface area contributed by atoms with E-state index in [9.17, 15) is 14.5 Å². The smallest absolute Gasteiger partial charge is 0.163 e. The maximum atomic E-state index is 11.7. The van der Waals surface area contributed by atoms with Crippen LogP contribution in [0.2, 0.25) is 0 Å². The zero-order chi connectivity index (χ0) is 16.0. The van der Waals surface area contributed by atoms with E-state index < -0.39 is 11.6 Å². The van der Waals surface area contributed by atoms with Crippen molar-refractivity contribution >= 4 is 17.1 Å². The number of benzene rings is 1. The predicted octanol–water partition coefficient (Wildman–Crippen LogP) is 2.40. The summed E-state index contributed by atoms with van der Waals surface area (Å²) in [7, 11) is 2.96. The summed E-state index contributed by atoms with van der Waals surface area (Å²) in [5.74, 6) is 0.118. The van der Waals surface area contributed by atoms with Gasteiger partial charge in [-0.1, -0.05) is 5.18 Å². The number of rotatable bonds is 7. The molecule has 0 spiro atoms. The van der Waals surface area contributed by atoms with Gasteiger partial charge in [-0.15, -0.1) is 0 Å². The van der Waals surface area contributed by atoms with Gasteiger partial charge in [0.2, 0.25) is 0 Å². The summed E-state index contributed by atoms with van der Waals surface area (Å²) in [4.78, 5) is 34.1. The fourth-order valence-corrected chi connectivity index (χ4v) is 2.08. The Hall–Kier alpha value is -2.50. The normalized spacial score (nSPS) is 9.71.